The molecule has 1 rings (SSSR count). The third-order valence-electron chi connectivity index (χ3n) is 4.91. The number of nitrogens with two attached hydrogens (primary N) is 1. The first-order valence-corrected chi connectivity index (χ1v) is 11.4. The Morgan fingerprint density at radius 3 is 1.68 bits per heavy atom. The van der Waals surface area contributed by atoms with Crippen LogP contribution in [0.5, 0.6) is 0 Å². The summed E-state index contributed by atoms with van der Waals surface area (Å²) in [6, 6.07) is 0. The summed E-state index contributed by atoms with van der Waals surface area (Å²) in [5, 5.41) is 8.98. The van der Waals surface area contributed by atoms with Crippen LogP contribution in [0, 0.1) is 47.4 Å². The lowest BCUT2D eigenvalue weighted by Gasteiger charge is -2.34. The lowest BCUT2D eigenvalue weighted by molar-refractivity contribution is -0.118. The maximum atomic E-state index is 10.6. The molecule has 1 aliphatic heterocycles. The minimum absolute atomic E-state index is 0.263. The van der Waals surface area contributed by atoms with E-state index in [9.17, 15) is 4.79 Å². The zero-order valence-corrected chi connectivity index (χ0v) is 18.8. The maximum Gasteiger partial charge on any atom is 0.217 e. The number of carbonyl (C=O) groups excluding carboxylic acids is 1. The van der Waals surface area contributed by atoms with Crippen molar-refractivity contribution in [2.45, 2.75) is 64.2 Å². The number of primary amides is 1. The molecule has 1 amide bonds. The largest absolute Gasteiger partial charge is 0.395 e. The first kappa shape index (κ1) is 26.6. The van der Waals surface area contributed by atoms with Crippen LogP contribution in [-0.4, -0.2) is 66.7 Å². The highest BCUT2D eigenvalue weighted by molar-refractivity contribution is 5.73. The predicted molar refractivity (Wildman–Crippen MR) is 126 cm³/mol. The number of unbranched alkanes of at least 4 members (excludes halogenated alkanes) is 4. The summed E-state index contributed by atoms with van der Waals surface area (Å²) >= 11 is 0. The lowest BCUT2D eigenvalue weighted by atomic mass is 10.2. The van der Waals surface area contributed by atoms with E-state index in [1.807, 2.05) is 0 Å². The van der Waals surface area contributed by atoms with E-state index in [2.05, 4.69) is 57.2 Å². The van der Waals surface area contributed by atoms with Crippen LogP contribution in [0.1, 0.15) is 64.2 Å². The van der Waals surface area contributed by atoms with E-state index in [-0.39, 0.29) is 12.5 Å². The van der Waals surface area contributed by atoms with Crippen LogP contribution >= 0.6 is 0 Å². The van der Waals surface area contributed by atoms with Crippen LogP contribution in [0.3, 0.4) is 0 Å². The molecule has 168 valence electrons. The van der Waals surface area contributed by atoms with E-state index in [1.165, 1.54) is 19.4 Å². The Balaban J connectivity index is 1.93. The smallest absolute Gasteiger partial charge is 0.217 e. The predicted octanol–water partition coefficient (Wildman–Crippen LogP) is 2.00. The van der Waals surface area contributed by atoms with Crippen molar-refractivity contribution in [3.63, 3.8) is 0 Å². The number of piperazine rings is 1. The fourth-order valence-electron chi connectivity index (χ4n) is 3.14. The fourth-order valence-corrected chi connectivity index (χ4v) is 3.14. The number of hydrogen-bond donors (Lipinski definition) is 2. The average Bonchev–Trinajstić information content (AvgIpc) is 2.76. The van der Waals surface area contributed by atoms with Crippen molar-refractivity contribution >= 4 is 5.91 Å². The summed E-state index contributed by atoms with van der Waals surface area (Å²) in [5.41, 5.74) is 5.06. The third-order valence-corrected chi connectivity index (χ3v) is 4.91. The molecule has 0 bridgehead atoms. The highest BCUT2D eigenvalue weighted by Crippen LogP contribution is 2.05. The van der Waals surface area contributed by atoms with Gasteiger partial charge >= 0.3 is 0 Å². The minimum atomic E-state index is -0.277. The van der Waals surface area contributed by atoms with Gasteiger partial charge in [0.05, 0.1) is 25.9 Å². The zero-order valence-electron chi connectivity index (χ0n) is 18.8. The second kappa shape index (κ2) is 19.5. The molecule has 1 fully saturated rings. The highest BCUT2D eigenvalue weighted by Gasteiger charge is 2.15. The molecule has 0 aromatic rings. The van der Waals surface area contributed by atoms with Crippen LogP contribution in [0.25, 0.3) is 0 Å². The fraction of sp³-hybridized carbons (Fsp3) is 0.654. The van der Waals surface area contributed by atoms with E-state index >= 15 is 0 Å². The lowest BCUT2D eigenvalue weighted by Crippen LogP contribution is -2.47. The van der Waals surface area contributed by atoms with Gasteiger partial charge in [-0.15, -0.1) is 11.8 Å². The SMILES string of the molecule is NC(=O)CCCC#CCC#CCC#CCC#CCCCCCN1CCN(CCO)CC1. The summed E-state index contributed by atoms with van der Waals surface area (Å²) in [6.07, 6.45) is 8.06. The van der Waals surface area contributed by atoms with Crippen molar-refractivity contribution in [2.75, 3.05) is 45.9 Å². The van der Waals surface area contributed by atoms with Gasteiger partial charge < -0.3 is 15.7 Å². The number of amides is 1. The molecule has 0 aromatic carbocycles. The molecule has 0 radical (unpaired) electrons. The van der Waals surface area contributed by atoms with Crippen molar-refractivity contribution in [1.29, 1.82) is 0 Å². The van der Waals surface area contributed by atoms with Gasteiger partial charge in [0.1, 0.15) is 0 Å². The molecule has 0 aromatic heterocycles. The Labute approximate surface area is 189 Å². The van der Waals surface area contributed by atoms with Gasteiger partial charge in [-0.3, -0.25) is 9.69 Å². The molecule has 31 heavy (non-hydrogen) atoms. The molecule has 5 heteroatoms. The van der Waals surface area contributed by atoms with E-state index in [0.717, 1.165) is 45.6 Å². The number of aliphatic hydroxyl groups excluding tert-OH is 1. The monoisotopic (exact) mass is 423 g/mol. The molecular weight excluding hydrogens is 386 g/mol. The quantitative estimate of drug-likeness (QED) is 0.417. The number of carbonyl (C=O) groups is 1. The molecule has 1 aliphatic rings. The summed E-state index contributed by atoms with van der Waals surface area (Å²) in [6.45, 7) is 6.64. The number of rotatable bonds is 10. The number of hydrogen-bond acceptors (Lipinski definition) is 4. The first-order valence-electron chi connectivity index (χ1n) is 11.4. The Morgan fingerprint density at radius 2 is 1.16 bits per heavy atom. The van der Waals surface area contributed by atoms with Gasteiger partial charge in [0.15, 0.2) is 0 Å². The number of nitrogens with zero attached hydrogens (tertiary/aromatic N) is 2. The van der Waals surface area contributed by atoms with E-state index in [0.29, 0.717) is 38.5 Å². The average molecular weight is 424 g/mol. The molecule has 0 aliphatic carbocycles. The summed E-state index contributed by atoms with van der Waals surface area (Å²) < 4.78 is 0. The standard InChI is InChI=1S/C26H37N3O2/c27-26(31)18-16-14-12-10-8-6-4-2-1-3-5-7-9-11-13-15-17-19-28-20-22-29(23-21-28)24-25-30/h30H,2,5,8,11,13-25H2,(H2,27,31). The minimum Gasteiger partial charge on any atom is -0.395 e. The van der Waals surface area contributed by atoms with Crippen molar-refractivity contribution in [2.24, 2.45) is 5.73 Å². The summed E-state index contributed by atoms with van der Waals surface area (Å²) in [7, 11) is 0. The Kier molecular flexibility index (Phi) is 16.8. The number of β-amino-alcohol motifs (C(OH)–C–C–N with tert-alkyl or cyclic N) is 1. The molecule has 0 unspecified atom stereocenters. The molecule has 3 N–H and O–H groups in total. The van der Waals surface area contributed by atoms with Gasteiger partial charge in [-0.25, -0.2) is 0 Å². The van der Waals surface area contributed by atoms with Crippen LogP contribution in [0.15, 0.2) is 0 Å². The second-order valence-corrected chi connectivity index (χ2v) is 7.48. The van der Waals surface area contributed by atoms with Crippen molar-refractivity contribution in [3.05, 3.63) is 0 Å². The zero-order chi connectivity index (χ0) is 22.4. The maximum absolute atomic E-state index is 10.6. The summed E-state index contributed by atoms with van der Waals surface area (Å²) in [4.78, 5) is 15.4. The Bertz CT molecular complexity index is 738. The van der Waals surface area contributed by atoms with Crippen molar-refractivity contribution in [1.82, 2.24) is 9.80 Å². The van der Waals surface area contributed by atoms with Gasteiger partial charge in [-0.2, -0.15) is 0 Å². The van der Waals surface area contributed by atoms with E-state index in [4.69, 9.17) is 10.8 Å². The molecule has 0 saturated carbocycles. The van der Waals surface area contributed by atoms with Gasteiger partial charge in [0.2, 0.25) is 5.91 Å². The second-order valence-electron chi connectivity index (χ2n) is 7.48. The molecule has 0 atom stereocenters. The van der Waals surface area contributed by atoms with E-state index in [1.54, 1.807) is 0 Å². The van der Waals surface area contributed by atoms with Gasteiger partial charge in [-0.1, -0.05) is 41.9 Å². The molecule has 1 heterocycles. The highest BCUT2D eigenvalue weighted by atomic mass is 16.3. The van der Waals surface area contributed by atoms with Crippen LogP contribution in [0.2, 0.25) is 0 Å². The third kappa shape index (κ3) is 17.0. The normalized spacial score (nSPS) is 13.5. The molecule has 5 nitrogen and oxygen atoms in total. The molecule has 1 saturated heterocycles. The van der Waals surface area contributed by atoms with Gasteiger partial charge in [-0.05, 0) is 25.8 Å². The van der Waals surface area contributed by atoms with Crippen LogP contribution in [-0.2, 0) is 4.79 Å². The van der Waals surface area contributed by atoms with Crippen molar-refractivity contribution in [3.8, 4) is 47.4 Å². The van der Waals surface area contributed by atoms with Crippen LogP contribution in [0.4, 0.5) is 0 Å². The first-order chi connectivity index (χ1) is 15.2. The topological polar surface area (TPSA) is 69.8 Å². The van der Waals surface area contributed by atoms with Crippen molar-refractivity contribution < 1.29 is 9.90 Å². The van der Waals surface area contributed by atoms with Gasteiger partial charge in [0.25, 0.3) is 0 Å². The number of aliphatic hydroxyl groups is 1. The van der Waals surface area contributed by atoms with E-state index < -0.39 is 0 Å². The molecule has 0 spiro atoms. The Hall–Kier alpha value is -2.41. The van der Waals surface area contributed by atoms with Crippen LogP contribution < -0.4 is 5.73 Å². The Morgan fingerprint density at radius 1 is 0.677 bits per heavy atom. The molecular formula is C26H37N3O2. The van der Waals surface area contributed by atoms with Gasteiger partial charge in [0, 0.05) is 52.0 Å². The summed E-state index contributed by atoms with van der Waals surface area (Å²) in [5.74, 6) is 24.0.